The minimum Gasteiger partial charge on any atom is -0.493 e. The maximum atomic E-state index is 11.2. The topological polar surface area (TPSA) is 62.9 Å². The van der Waals surface area contributed by atoms with Crippen molar-refractivity contribution in [1.82, 2.24) is 4.90 Å². The van der Waals surface area contributed by atoms with E-state index in [4.69, 9.17) is 14.3 Å². The van der Waals surface area contributed by atoms with Crippen LogP contribution in [0.5, 0.6) is 5.75 Å². The lowest BCUT2D eigenvalue weighted by Gasteiger charge is -2.14. The molecule has 5 nitrogen and oxygen atoms in total. The molecule has 0 spiro atoms. The van der Waals surface area contributed by atoms with E-state index < -0.39 is 5.97 Å². The lowest BCUT2D eigenvalue weighted by atomic mass is 10.1. The van der Waals surface area contributed by atoms with Gasteiger partial charge >= 0.3 is 5.97 Å². The number of ether oxygens (including phenoxy) is 1. The number of carboxylic acids is 1. The van der Waals surface area contributed by atoms with Crippen LogP contribution < -0.4 is 4.74 Å². The minimum absolute atomic E-state index is 0.0110. The molecule has 0 radical (unpaired) electrons. The first-order chi connectivity index (χ1) is 10.7. The predicted molar refractivity (Wildman–Crippen MR) is 83.7 cm³/mol. The Bertz CT molecular complexity index is 671. The van der Waals surface area contributed by atoms with Gasteiger partial charge in [-0.05, 0) is 51.4 Å². The summed E-state index contributed by atoms with van der Waals surface area (Å²) in [5.74, 6) is -0.357. The second kappa shape index (κ2) is 6.40. The van der Waals surface area contributed by atoms with E-state index in [1.165, 1.54) is 25.9 Å². The lowest BCUT2D eigenvalue weighted by Crippen LogP contribution is -2.21. The fraction of sp³-hybridized carbons (Fsp3) is 0.471. The summed E-state index contributed by atoms with van der Waals surface area (Å²) in [5.41, 5.74) is 1.18. The summed E-state index contributed by atoms with van der Waals surface area (Å²) >= 11 is 0. The minimum atomic E-state index is -1.05. The van der Waals surface area contributed by atoms with E-state index in [0.29, 0.717) is 23.5 Å². The Balaban J connectivity index is 1.69. The molecule has 1 aromatic heterocycles. The molecule has 2 heterocycles. The number of aryl methyl sites for hydroxylation is 1. The smallest absolute Gasteiger partial charge is 0.372 e. The van der Waals surface area contributed by atoms with Gasteiger partial charge in [0.2, 0.25) is 5.76 Å². The summed E-state index contributed by atoms with van der Waals surface area (Å²) in [6, 6.07) is 5.46. The summed E-state index contributed by atoms with van der Waals surface area (Å²) in [4.78, 5) is 13.6. The van der Waals surface area contributed by atoms with Crippen LogP contribution in [0, 0.1) is 6.92 Å². The second-order valence-corrected chi connectivity index (χ2v) is 5.74. The van der Waals surface area contributed by atoms with Gasteiger partial charge < -0.3 is 19.2 Å². The Labute approximate surface area is 129 Å². The fourth-order valence-corrected chi connectivity index (χ4v) is 3.07. The quantitative estimate of drug-likeness (QED) is 0.830. The number of carbonyl (C=O) groups is 1. The van der Waals surface area contributed by atoms with Crippen LogP contribution in [-0.4, -0.2) is 42.2 Å². The summed E-state index contributed by atoms with van der Waals surface area (Å²) in [7, 11) is 0. The molecule has 1 aliphatic rings. The molecular formula is C17H21NO4. The van der Waals surface area contributed by atoms with Crippen LogP contribution in [0.1, 0.15) is 35.4 Å². The van der Waals surface area contributed by atoms with E-state index in [1.54, 1.807) is 13.0 Å². The molecule has 1 N–H and O–H groups in total. The number of benzene rings is 1. The van der Waals surface area contributed by atoms with E-state index in [2.05, 4.69) is 4.90 Å². The molecule has 1 aliphatic heterocycles. The molecule has 1 saturated heterocycles. The van der Waals surface area contributed by atoms with Crippen molar-refractivity contribution in [1.29, 1.82) is 0 Å². The average molecular weight is 303 g/mol. The second-order valence-electron chi connectivity index (χ2n) is 5.74. The predicted octanol–water partition coefficient (Wildman–Crippen LogP) is 3.30. The van der Waals surface area contributed by atoms with Crippen LogP contribution >= 0.6 is 0 Å². The molecule has 0 saturated carbocycles. The lowest BCUT2D eigenvalue weighted by molar-refractivity contribution is 0.0664. The third-order valence-electron chi connectivity index (χ3n) is 4.18. The highest BCUT2D eigenvalue weighted by atomic mass is 16.5. The van der Waals surface area contributed by atoms with Crippen molar-refractivity contribution in [3.05, 3.63) is 29.5 Å². The molecule has 0 amide bonds. The zero-order chi connectivity index (χ0) is 15.5. The van der Waals surface area contributed by atoms with E-state index in [-0.39, 0.29) is 5.76 Å². The standard InChI is InChI=1S/C17H21NO4/c1-12-15-13(21-11-5-10-18-8-2-3-9-18)6-4-7-14(15)22-16(12)17(19)20/h4,6-7H,2-3,5,8-11H2,1H3,(H,19,20). The summed E-state index contributed by atoms with van der Waals surface area (Å²) in [6.45, 7) is 5.83. The average Bonchev–Trinajstić information content (AvgIpc) is 3.12. The maximum absolute atomic E-state index is 11.2. The number of nitrogens with zero attached hydrogens (tertiary/aromatic N) is 1. The van der Waals surface area contributed by atoms with Crippen molar-refractivity contribution in [2.24, 2.45) is 0 Å². The number of aromatic carboxylic acids is 1. The number of likely N-dealkylation sites (tertiary alicyclic amines) is 1. The van der Waals surface area contributed by atoms with Gasteiger partial charge in [0.1, 0.15) is 11.3 Å². The molecule has 0 aliphatic carbocycles. The molecule has 0 unspecified atom stereocenters. The van der Waals surface area contributed by atoms with Crippen LogP contribution in [0.15, 0.2) is 22.6 Å². The van der Waals surface area contributed by atoms with Gasteiger partial charge in [0.05, 0.1) is 12.0 Å². The number of rotatable bonds is 6. The molecule has 0 atom stereocenters. The van der Waals surface area contributed by atoms with Crippen LogP contribution in [0.25, 0.3) is 11.0 Å². The Morgan fingerprint density at radius 2 is 2.14 bits per heavy atom. The van der Waals surface area contributed by atoms with Crippen LogP contribution in [-0.2, 0) is 0 Å². The number of furan rings is 1. The molecule has 1 fully saturated rings. The summed E-state index contributed by atoms with van der Waals surface area (Å²) in [6.07, 6.45) is 3.57. The molecule has 5 heteroatoms. The Morgan fingerprint density at radius 3 is 2.86 bits per heavy atom. The molecular weight excluding hydrogens is 282 g/mol. The maximum Gasteiger partial charge on any atom is 0.372 e. The van der Waals surface area contributed by atoms with Gasteiger partial charge in [-0.1, -0.05) is 6.07 Å². The highest BCUT2D eigenvalue weighted by molar-refractivity contribution is 5.97. The van der Waals surface area contributed by atoms with Gasteiger partial charge in [-0.25, -0.2) is 4.79 Å². The van der Waals surface area contributed by atoms with Crippen molar-refractivity contribution < 1.29 is 19.1 Å². The number of carboxylic acid groups (broad SMARTS) is 1. The first-order valence-electron chi connectivity index (χ1n) is 7.77. The highest BCUT2D eigenvalue weighted by Gasteiger charge is 2.19. The zero-order valence-electron chi connectivity index (χ0n) is 12.8. The molecule has 3 rings (SSSR count). The number of hydrogen-bond donors (Lipinski definition) is 1. The van der Waals surface area contributed by atoms with Gasteiger partial charge in [-0.15, -0.1) is 0 Å². The molecule has 1 aromatic carbocycles. The van der Waals surface area contributed by atoms with Crippen molar-refractivity contribution >= 4 is 16.9 Å². The number of fused-ring (bicyclic) bond motifs is 1. The first kappa shape index (κ1) is 14.9. The summed E-state index contributed by atoms with van der Waals surface area (Å²) in [5, 5.41) is 9.92. The molecule has 22 heavy (non-hydrogen) atoms. The van der Waals surface area contributed by atoms with Crippen LogP contribution in [0.3, 0.4) is 0 Å². The van der Waals surface area contributed by atoms with Crippen molar-refractivity contribution in [3.63, 3.8) is 0 Å². The first-order valence-corrected chi connectivity index (χ1v) is 7.77. The van der Waals surface area contributed by atoms with E-state index in [1.807, 2.05) is 12.1 Å². The van der Waals surface area contributed by atoms with E-state index >= 15 is 0 Å². The van der Waals surface area contributed by atoms with Crippen LogP contribution in [0.4, 0.5) is 0 Å². The van der Waals surface area contributed by atoms with Crippen molar-refractivity contribution in [2.45, 2.75) is 26.2 Å². The SMILES string of the molecule is Cc1c(C(=O)O)oc2cccc(OCCCN3CCCC3)c12. The Hall–Kier alpha value is -2.01. The Morgan fingerprint density at radius 1 is 1.36 bits per heavy atom. The monoisotopic (exact) mass is 303 g/mol. The fourth-order valence-electron chi connectivity index (χ4n) is 3.07. The largest absolute Gasteiger partial charge is 0.493 e. The third-order valence-corrected chi connectivity index (χ3v) is 4.18. The van der Waals surface area contributed by atoms with Crippen LogP contribution in [0.2, 0.25) is 0 Å². The van der Waals surface area contributed by atoms with E-state index in [0.717, 1.165) is 18.4 Å². The Kier molecular flexibility index (Phi) is 4.34. The normalized spacial score (nSPS) is 15.5. The molecule has 118 valence electrons. The van der Waals surface area contributed by atoms with Crippen molar-refractivity contribution in [2.75, 3.05) is 26.2 Å². The zero-order valence-corrected chi connectivity index (χ0v) is 12.8. The summed E-state index contributed by atoms with van der Waals surface area (Å²) < 4.78 is 11.3. The highest BCUT2D eigenvalue weighted by Crippen LogP contribution is 2.33. The van der Waals surface area contributed by atoms with Gasteiger partial charge in [0.15, 0.2) is 0 Å². The van der Waals surface area contributed by atoms with Gasteiger partial charge in [-0.2, -0.15) is 0 Å². The molecule has 2 aromatic rings. The third kappa shape index (κ3) is 2.95. The molecule has 0 bridgehead atoms. The van der Waals surface area contributed by atoms with Crippen molar-refractivity contribution in [3.8, 4) is 5.75 Å². The van der Waals surface area contributed by atoms with E-state index in [9.17, 15) is 4.79 Å². The van der Waals surface area contributed by atoms with Gasteiger partial charge in [0, 0.05) is 12.1 Å². The van der Waals surface area contributed by atoms with Gasteiger partial charge in [-0.3, -0.25) is 0 Å². The van der Waals surface area contributed by atoms with Gasteiger partial charge in [0.25, 0.3) is 0 Å². The number of hydrogen-bond acceptors (Lipinski definition) is 4.